The highest BCUT2D eigenvalue weighted by molar-refractivity contribution is 5.75. The number of likely N-dealkylation sites (tertiary alicyclic amines) is 1. The number of carbonyl (C=O) groups excluding carboxylic acids is 1. The first kappa shape index (κ1) is 12.8. The Morgan fingerprint density at radius 3 is 2.71 bits per heavy atom. The van der Waals surface area contributed by atoms with Gasteiger partial charge in [-0.2, -0.15) is 0 Å². The van der Waals surface area contributed by atoms with Crippen LogP contribution in [0.1, 0.15) is 32.1 Å². The molecule has 4 nitrogen and oxygen atoms in total. The zero-order chi connectivity index (χ0) is 12.1. The summed E-state index contributed by atoms with van der Waals surface area (Å²) in [4.78, 5) is 13.6. The molecule has 2 aliphatic heterocycles. The topological polar surface area (TPSA) is 44.4 Å². The Labute approximate surface area is 104 Å². The van der Waals surface area contributed by atoms with Gasteiger partial charge in [-0.25, -0.2) is 0 Å². The fraction of sp³-hybridized carbons (Fsp3) is 0.923. The quantitative estimate of drug-likeness (QED) is 0.754. The van der Waals surface area contributed by atoms with Gasteiger partial charge in [-0.05, 0) is 51.2 Å². The first-order chi connectivity index (χ1) is 8.29. The molecule has 2 N–H and O–H groups in total. The van der Waals surface area contributed by atoms with Gasteiger partial charge in [0.15, 0.2) is 0 Å². The van der Waals surface area contributed by atoms with Crippen molar-refractivity contribution < 1.29 is 4.79 Å². The third-order valence-electron chi connectivity index (χ3n) is 4.23. The third-order valence-corrected chi connectivity index (χ3v) is 4.23. The summed E-state index contributed by atoms with van der Waals surface area (Å²) < 4.78 is 0. The molecular formula is C13H25N3O. The number of piperidine rings is 1. The van der Waals surface area contributed by atoms with E-state index in [2.05, 4.69) is 15.5 Å². The molecule has 4 heteroatoms. The lowest BCUT2D eigenvalue weighted by molar-refractivity contribution is -0.121. The highest BCUT2D eigenvalue weighted by Crippen LogP contribution is 2.25. The predicted octanol–water partition coefficient (Wildman–Crippen LogP) is 0.587. The predicted molar refractivity (Wildman–Crippen MR) is 68.9 cm³/mol. The standard InChI is InChI=1S/C13H25N3O/c1-14-13(17)6-10-16-8-4-11(5-9-16)12-3-2-7-15-12/h11-12,15H,2-10H2,1H3,(H,14,17). The van der Waals surface area contributed by atoms with E-state index in [1.165, 1.54) is 45.3 Å². The second-order valence-corrected chi connectivity index (χ2v) is 5.31. The summed E-state index contributed by atoms with van der Waals surface area (Å²) in [6.45, 7) is 4.46. The SMILES string of the molecule is CNC(=O)CCN1CCC(C2CCCN2)CC1. The van der Waals surface area contributed by atoms with Gasteiger partial charge in [0.25, 0.3) is 0 Å². The van der Waals surface area contributed by atoms with Crippen molar-refractivity contribution in [2.75, 3.05) is 33.2 Å². The van der Waals surface area contributed by atoms with Crippen molar-refractivity contribution in [3.63, 3.8) is 0 Å². The monoisotopic (exact) mass is 239 g/mol. The molecule has 0 aromatic rings. The van der Waals surface area contributed by atoms with E-state index in [-0.39, 0.29) is 5.91 Å². The minimum Gasteiger partial charge on any atom is -0.359 e. The lowest BCUT2D eigenvalue weighted by atomic mass is 9.88. The molecule has 17 heavy (non-hydrogen) atoms. The van der Waals surface area contributed by atoms with E-state index < -0.39 is 0 Å². The van der Waals surface area contributed by atoms with Crippen molar-refractivity contribution >= 4 is 5.91 Å². The summed E-state index contributed by atoms with van der Waals surface area (Å²) in [5.41, 5.74) is 0. The van der Waals surface area contributed by atoms with Crippen LogP contribution in [0.5, 0.6) is 0 Å². The van der Waals surface area contributed by atoms with Crippen LogP contribution in [0.2, 0.25) is 0 Å². The van der Waals surface area contributed by atoms with Crippen molar-refractivity contribution in [3.05, 3.63) is 0 Å². The van der Waals surface area contributed by atoms with Crippen molar-refractivity contribution in [3.8, 4) is 0 Å². The van der Waals surface area contributed by atoms with Crippen LogP contribution in [0.15, 0.2) is 0 Å². The molecule has 0 aromatic carbocycles. The molecule has 0 spiro atoms. The van der Waals surface area contributed by atoms with Crippen LogP contribution in [0, 0.1) is 5.92 Å². The molecule has 0 aromatic heterocycles. The maximum absolute atomic E-state index is 11.2. The van der Waals surface area contributed by atoms with Gasteiger partial charge in [0.1, 0.15) is 0 Å². The van der Waals surface area contributed by atoms with Gasteiger partial charge >= 0.3 is 0 Å². The average Bonchev–Trinajstić information content (AvgIpc) is 2.90. The zero-order valence-electron chi connectivity index (χ0n) is 10.9. The van der Waals surface area contributed by atoms with E-state index in [1.807, 2.05) is 0 Å². The molecule has 1 amide bonds. The Balaban J connectivity index is 1.65. The first-order valence-electron chi connectivity index (χ1n) is 6.96. The smallest absolute Gasteiger partial charge is 0.221 e. The van der Waals surface area contributed by atoms with Crippen LogP contribution < -0.4 is 10.6 Å². The Morgan fingerprint density at radius 2 is 2.12 bits per heavy atom. The van der Waals surface area contributed by atoms with Crippen LogP contribution >= 0.6 is 0 Å². The number of carbonyl (C=O) groups is 1. The maximum Gasteiger partial charge on any atom is 0.221 e. The molecule has 2 fully saturated rings. The summed E-state index contributed by atoms with van der Waals surface area (Å²) in [6, 6.07) is 0.774. The summed E-state index contributed by atoms with van der Waals surface area (Å²) in [5.74, 6) is 1.03. The first-order valence-corrected chi connectivity index (χ1v) is 6.96. The van der Waals surface area contributed by atoms with Crippen molar-refractivity contribution in [1.82, 2.24) is 15.5 Å². The largest absolute Gasteiger partial charge is 0.359 e. The molecule has 2 heterocycles. The fourth-order valence-corrected chi connectivity index (χ4v) is 3.08. The number of rotatable bonds is 4. The molecule has 0 bridgehead atoms. The van der Waals surface area contributed by atoms with Crippen LogP contribution in [-0.4, -0.2) is 50.1 Å². The van der Waals surface area contributed by atoms with Crippen LogP contribution in [0.25, 0.3) is 0 Å². The molecule has 0 saturated carbocycles. The number of nitrogens with one attached hydrogen (secondary N) is 2. The van der Waals surface area contributed by atoms with Crippen molar-refractivity contribution in [2.24, 2.45) is 5.92 Å². The minimum atomic E-state index is 0.157. The van der Waals surface area contributed by atoms with E-state index in [9.17, 15) is 4.79 Å². The number of hydrogen-bond acceptors (Lipinski definition) is 3. The van der Waals surface area contributed by atoms with Crippen LogP contribution in [0.4, 0.5) is 0 Å². The van der Waals surface area contributed by atoms with Crippen LogP contribution in [0.3, 0.4) is 0 Å². The fourth-order valence-electron chi connectivity index (χ4n) is 3.08. The van der Waals surface area contributed by atoms with Gasteiger partial charge in [-0.1, -0.05) is 0 Å². The summed E-state index contributed by atoms with van der Waals surface area (Å²) in [5, 5.41) is 6.30. The van der Waals surface area contributed by atoms with Gasteiger partial charge in [-0.15, -0.1) is 0 Å². The van der Waals surface area contributed by atoms with Crippen LogP contribution in [-0.2, 0) is 4.79 Å². The highest BCUT2D eigenvalue weighted by atomic mass is 16.1. The summed E-state index contributed by atoms with van der Waals surface area (Å²) in [6.07, 6.45) is 5.95. The number of amides is 1. The molecule has 2 rings (SSSR count). The average molecular weight is 239 g/mol. The zero-order valence-corrected chi connectivity index (χ0v) is 10.9. The summed E-state index contributed by atoms with van der Waals surface area (Å²) in [7, 11) is 1.71. The van der Waals surface area contributed by atoms with E-state index in [4.69, 9.17) is 0 Å². The Hall–Kier alpha value is -0.610. The molecule has 1 unspecified atom stereocenters. The van der Waals surface area contributed by atoms with E-state index in [0.717, 1.165) is 18.5 Å². The molecule has 2 saturated heterocycles. The Bertz CT molecular complexity index is 243. The number of hydrogen-bond donors (Lipinski definition) is 2. The van der Waals surface area contributed by atoms with Gasteiger partial charge in [0.05, 0.1) is 0 Å². The van der Waals surface area contributed by atoms with E-state index >= 15 is 0 Å². The minimum absolute atomic E-state index is 0.157. The normalized spacial score (nSPS) is 27.2. The van der Waals surface area contributed by atoms with Crippen molar-refractivity contribution in [2.45, 2.75) is 38.1 Å². The van der Waals surface area contributed by atoms with Gasteiger partial charge < -0.3 is 15.5 Å². The molecule has 98 valence electrons. The molecule has 0 aliphatic carbocycles. The van der Waals surface area contributed by atoms with Gasteiger partial charge in [0, 0.05) is 26.1 Å². The van der Waals surface area contributed by atoms with Gasteiger partial charge in [0.2, 0.25) is 5.91 Å². The maximum atomic E-state index is 11.2. The lowest BCUT2D eigenvalue weighted by Gasteiger charge is -2.34. The third kappa shape index (κ3) is 3.68. The Morgan fingerprint density at radius 1 is 1.35 bits per heavy atom. The number of nitrogens with zero attached hydrogens (tertiary/aromatic N) is 1. The summed E-state index contributed by atoms with van der Waals surface area (Å²) >= 11 is 0. The Kier molecular flexibility index (Phi) is 4.80. The molecule has 2 aliphatic rings. The van der Waals surface area contributed by atoms with E-state index in [1.54, 1.807) is 7.05 Å². The molecular weight excluding hydrogens is 214 g/mol. The second-order valence-electron chi connectivity index (χ2n) is 5.31. The second kappa shape index (κ2) is 6.36. The highest BCUT2D eigenvalue weighted by Gasteiger charge is 2.28. The molecule has 1 atom stereocenters. The van der Waals surface area contributed by atoms with E-state index in [0.29, 0.717) is 6.42 Å². The van der Waals surface area contributed by atoms with Crippen molar-refractivity contribution in [1.29, 1.82) is 0 Å². The lowest BCUT2D eigenvalue weighted by Crippen LogP contribution is -2.41. The molecule has 0 radical (unpaired) electrons. The van der Waals surface area contributed by atoms with Gasteiger partial charge in [-0.3, -0.25) is 4.79 Å².